The van der Waals surface area contributed by atoms with E-state index in [2.05, 4.69) is 17.9 Å². The summed E-state index contributed by atoms with van der Waals surface area (Å²) in [4.78, 5) is 0. The minimum atomic E-state index is 0.896. The highest BCUT2D eigenvalue weighted by molar-refractivity contribution is 7.17. The van der Waals surface area contributed by atoms with E-state index in [1.165, 1.54) is 10.1 Å². The zero-order valence-corrected chi connectivity index (χ0v) is 7.56. The molecule has 60 valence electrons. The fraction of sp³-hybridized carbons (Fsp3) is 0. The first kappa shape index (κ1) is 7.86. The number of benzene rings is 1. The maximum Gasteiger partial charge on any atom is 0.152 e. The normalized spacial score (nSPS) is 8.85. The first-order chi connectivity index (χ1) is 6.40. The number of rotatable bonds is 0. The van der Waals surface area contributed by atoms with Crippen molar-refractivity contribution in [3.63, 3.8) is 0 Å². The topological polar surface area (TPSA) is 23.8 Å². The average Bonchev–Trinajstić information content (AvgIpc) is 2.61. The molecule has 2 aromatic rings. The monoisotopic (exact) mass is 183 g/mol. The van der Waals surface area contributed by atoms with E-state index < -0.39 is 0 Å². The second-order valence-corrected chi connectivity index (χ2v) is 3.48. The molecule has 0 saturated heterocycles. The highest BCUT2D eigenvalue weighted by Crippen LogP contribution is 2.21. The Labute approximate surface area is 80.2 Å². The molecule has 13 heavy (non-hydrogen) atoms. The van der Waals surface area contributed by atoms with E-state index in [1.807, 2.05) is 23.6 Å². The molecule has 0 aliphatic rings. The van der Waals surface area contributed by atoms with Gasteiger partial charge in [-0.3, -0.25) is 0 Å². The SMILES string of the molecule is N#CC#Cc1ccc2sccc2c1. The van der Waals surface area contributed by atoms with Crippen LogP contribution in [0.4, 0.5) is 0 Å². The Kier molecular flexibility index (Phi) is 2.00. The van der Waals surface area contributed by atoms with Crippen LogP contribution in [0.5, 0.6) is 0 Å². The lowest BCUT2D eigenvalue weighted by molar-refractivity contribution is 1.55. The van der Waals surface area contributed by atoms with Gasteiger partial charge in [-0.1, -0.05) is 5.92 Å². The Balaban J connectivity index is 2.56. The Hall–Kier alpha value is -1.77. The summed E-state index contributed by atoms with van der Waals surface area (Å²) in [5.74, 6) is 5.15. The predicted octanol–water partition coefficient (Wildman–Crippen LogP) is 2.78. The van der Waals surface area contributed by atoms with E-state index >= 15 is 0 Å². The number of hydrogen-bond donors (Lipinski definition) is 0. The molecule has 1 aromatic carbocycles. The second kappa shape index (κ2) is 3.31. The molecular formula is C11H5NS. The zero-order chi connectivity index (χ0) is 9.10. The van der Waals surface area contributed by atoms with Crippen LogP contribution < -0.4 is 0 Å². The van der Waals surface area contributed by atoms with Crippen LogP contribution in [0.1, 0.15) is 5.56 Å². The van der Waals surface area contributed by atoms with Gasteiger partial charge in [-0.25, -0.2) is 0 Å². The van der Waals surface area contributed by atoms with Gasteiger partial charge in [0.2, 0.25) is 0 Å². The van der Waals surface area contributed by atoms with E-state index in [-0.39, 0.29) is 0 Å². The van der Waals surface area contributed by atoms with Crippen LogP contribution in [-0.4, -0.2) is 0 Å². The van der Waals surface area contributed by atoms with Gasteiger partial charge in [0, 0.05) is 16.2 Å². The van der Waals surface area contributed by atoms with Gasteiger partial charge in [0.25, 0.3) is 0 Å². The molecule has 0 unspecified atom stereocenters. The number of fused-ring (bicyclic) bond motifs is 1. The summed E-state index contributed by atoms with van der Waals surface area (Å²) >= 11 is 1.71. The van der Waals surface area contributed by atoms with Gasteiger partial charge in [-0.2, -0.15) is 5.26 Å². The number of nitriles is 1. The fourth-order valence-electron chi connectivity index (χ4n) is 1.14. The molecule has 1 aromatic heterocycles. The largest absolute Gasteiger partial charge is 0.183 e. The van der Waals surface area contributed by atoms with Crippen molar-refractivity contribution in [3.05, 3.63) is 35.2 Å². The minimum Gasteiger partial charge on any atom is -0.183 e. The predicted molar refractivity (Wildman–Crippen MR) is 54.3 cm³/mol. The van der Waals surface area contributed by atoms with E-state index in [9.17, 15) is 0 Å². The van der Waals surface area contributed by atoms with E-state index in [0.29, 0.717) is 0 Å². The molecule has 0 N–H and O–H groups in total. The highest BCUT2D eigenvalue weighted by atomic mass is 32.1. The summed E-state index contributed by atoms with van der Waals surface area (Å²) in [6.45, 7) is 0. The van der Waals surface area contributed by atoms with E-state index in [4.69, 9.17) is 5.26 Å². The molecule has 2 rings (SSSR count). The quantitative estimate of drug-likeness (QED) is 0.576. The van der Waals surface area contributed by atoms with Crippen LogP contribution >= 0.6 is 11.3 Å². The minimum absolute atomic E-state index is 0.896. The van der Waals surface area contributed by atoms with E-state index in [0.717, 1.165) is 5.56 Å². The van der Waals surface area contributed by atoms with Gasteiger partial charge in [-0.15, -0.1) is 11.3 Å². The average molecular weight is 183 g/mol. The molecule has 0 aliphatic heterocycles. The smallest absolute Gasteiger partial charge is 0.152 e. The lowest BCUT2D eigenvalue weighted by atomic mass is 10.2. The molecule has 2 heteroatoms. The van der Waals surface area contributed by atoms with Gasteiger partial charge in [0.15, 0.2) is 6.07 Å². The zero-order valence-electron chi connectivity index (χ0n) is 6.74. The Bertz CT molecular complexity index is 534. The fourth-order valence-corrected chi connectivity index (χ4v) is 1.92. The molecule has 0 aliphatic carbocycles. The third-order valence-electron chi connectivity index (χ3n) is 1.72. The van der Waals surface area contributed by atoms with Crippen molar-refractivity contribution in [2.75, 3.05) is 0 Å². The van der Waals surface area contributed by atoms with Crippen LogP contribution in [0.2, 0.25) is 0 Å². The van der Waals surface area contributed by atoms with Crippen molar-refractivity contribution >= 4 is 21.4 Å². The Morgan fingerprint density at radius 3 is 3.00 bits per heavy atom. The number of nitrogens with zero attached hydrogens (tertiary/aromatic N) is 1. The van der Waals surface area contributed by atoms with Crippen molar-refractivity contribution in [2.24, 2.45) is 0 Å². The number of thiophene rings is 1. The lowest BCUT2D eigenvalue weighted by Crippen LogP contribution is -1.71. The molecule has 0 bridgehead atoms. The summed E-state index contributed by atoms with van der Waals surface area (Å²) in [6, 6.07) is 9.81. The first-order valence-electron chi connectivity index (χ1n) is 3.77. The Morgan fingerprint density at radius 2 is 2.15 bits per heavy atom. The summed E-state index contributed by atoms with van der Waals surface area (Å²) in [5.41, 5.74) is 0.896. The highest BCUT2D eigenvalue weighted by Gasteiger charge is 1.94. The maximum atomic E-state index is 8.28. The second-order valence-electron chi connectivity index (χ2n) is 2.54. The summed E-state index contributed by atoms with van der Waals surface area (Å²) in [7, 11) is 0. The van der Waals surface area contributed by atoms with Crippen molar-refractivity contribution in [3.8, 4) is 17.9 Å². The standard InChI is InChI=1S/C11H5NS/c12-6-1-2-9-3-4-11-10(8-9)5-7-13-11/h3-5,7-8H. The lowest BCUT2D eigenvalue weighted by Gasteiger charge is -1.89. The third kappa shape index (κ3) is 1.54. The first-order valence-corrected chi connectivity index (χ1v) is 4.65. The summed E-state index contributed by atoms with van der Waals surface area (Å²) < 4.78 is 1.25. The molecule has 1 heterocycles. The van der Waals surface area contributed by atoms with Crippen LogP contribution in [0.25, 0.3) is 10.1 Å². The van der Waals surface area contributed by atoms with Crippen molar-refractivity contribution in [1.29, 1.82) is 5.26 Å². The van der Waals surface area contributed by atoms with Gasteiger partial charge >= 0.3 is 0 Å². The van der Waals surface area contributed by atoms with Gasteiger partial charge in [0.05, 0.1) is 0 Å². The third-order valence-corrected chi connectivity index (χ3v) is 2.61. The van der Waals surface area contributed by atoms with Gasteiger partial charge in [-0.05, 0) is 35.0 Å². The molecule has 0 fully saturated rings. The molecule has 0 atom stereocenters. The Morgan fingerprint density at radius 1 is 1.23 bits per heavy atom. The van der Waals surface area contributed by atoms with Crippen molar-refractivity contribution < 1.29 is 0 Å². The molecule has 0 amide bonds. The van der Waals surface area contributed by atoms with Crippen LogP contribution in [0.15, 0.2) is 29.6 Å². The van der Waals surface area contributed by atoms with Crippen LogP contribution in [0, 0.1) is 23.2 Å². The van der Waals surface area contributed by atoms with Gasteiger partial charge < -0.3 is 0 Å². The number of hydrogen-bond acceptors (Lipinski definition) is 2. The maximum absolute atomic E-state index is 8.28. The van der Waals surface area contributed by atoms with Crippen molar-refractivity contribution in [1.82, 2.24) is 0 Å². The van der Waals surface area contributed by atoms with Gasteiger partial charge in [0.1, 0.15) is 0 Å². The summed E-state index contributed by atoms with van der Waals surface area (Å²) in [6.07, 6.45) is 0. The molecule has 1 nitrogen and oxygen atoms in total. The molecule has 0 saturated carbocycles. The van der Waals surface area contributed by atoms with Crippen molar-refractivity contribution in [2.45, 2.75) is 0 Å². The molecule has 0 spiro atoms. The van der Waals surface area contributed by atoms with Crippen LogP contribution in [0.3, 0.4) is 0 Å². The van der Waals surface area contributed by atoms with E-state index in [1.54, 1.807) is 17.4 Å². The van der Waals surface area contributed by atoms with Crippen LogP contribution in [-0.2, 0) is 0 Å². The summed E-state index contributed by atoms with van der Waals surface area (Å²) in [5, 5.41) is 11.5. The molecular weight excluding hydrogens is 178 g/mol. The molecule has 0 radical (unpaired) electrons.